The van der Waals surface area contributed by atoms with Gasteiger partial charge in [0.05, 0.1) is 5.69 Å². The van der Waals surface area contributed by atoms with Crippen LogP contribution in [0.5, 0.6) is 0 Å². The molecular formula is C15H15BrClNO2. The first-order valence-electron chi connectivity index (χ1n) is 6.13. The Morgan fingerprint density at radius 3 is 2.60 bits per heavy atom. The lowest BCUT2D eigenvalue weighted by molar-refractivity contribution is 0.0540. The molecule has 0 radical (unpaired) electrons. The molecule has 20 heavy (non-hydrogen) atoms. The van der Waals surface area contributed by atoms with E-state index in [0.717, 1.165) is 15.7 Å². The van der Waals surface area contributed by atoms with Crippen LogP contribution in [0.4, 0.5) is 4.79 Å². The minimum absolute atomic E-state index is 0.418. The second-order valence-corrected chi connectivity index (χ2v) is 6.76. The number of aromatic nitrogens is 1. The molecule has 0 unspecified atom stereocenters. The highest BCUT2D eigenvalue weighted by molar-refractivity contribution is 9.10. The standard InChI is InChI=1S/C15H15BrClNO2/c1-15(2,3)20-14(19)18-9-11(16)8-13(18)10-5-4-6-12(17)7-10/h4-9H,1-3H3. The lowest BCUT2D eigenvalue weighted by Crippen LogP contribution is -2.27. The third-order valence-electron chi connectivity index (χ3n) is 2.50. The van der Waals surface area contributed by atoms with Crippen molar-refractivity contribution in [1.29, 1.82) is 0 Å². The Morgan fingerprint density at radius 2 is 2.00 bits per heavy atom. The summed E-state index contributed by atoms with van der Waals surface area (Å²) in [5, 5.41) is 0.621. The van der Waals surface area contributed by atoms with Gasteiger partial charge in [0.25, 0.3) is 0 Å². The van der Waals surface area contributed by atoms with Crippen LogP contribution < -0.4 is 0 Å². The topological polar surface area (TPSA) is 31.2 Å². The van der Waals surface area contributed by atoms with Crippen molar-refractivity contribution in [2.45, 2.75) is 26.4 Å². The number of nitrogens with zero attached hydrogens (tertiary/aromatic N) is 1. The van der Waals surface area contributed by atoms with E-state index in [9.17, 15) is 4.79 Å². The zero-order valence-corrected chi connectivity index (χ0v) is 13.8. The van der Waals surface area contributed by atoms with Crippen LogP contribution in [-0.2, 0) is 4.74 Å². The number of carbonyl (C=O) groups excluding carboxylic acids is 1. The van der Waals surface area contributed by atoms with Crippen LogP contribution in [0.25, 0.3) is 11.3 Å². The molecule has 0 bridgehead atoms. The molecule has 0 saturated heterocycles. The Hall–Kier alpha value is -1.26. The average Bonchev–Trinajstić information content (AvgIpc) is 2.69. The predicted octanol–water partition coefficient (Wildman–Crippen LogP) is 5.35. The van der Waals surface area contributed by atoms with Crippen molar-refractivity contribution >= 4 is 33.6 Å². The van der Waals surface area contributed by atoms with Crippen LogP contribution in [0.1, 0.15) is 20.8 Å². The normalized spacial score (nSPS) is 11.4. The van der Waals surface area contributed by atoms with E-state index >= 15 is 0 Å². The highest BCUT2D eigenvalue weighted by Crippen LogP contribution is 2.28. The largest absolute Gasteiger partial charge is 0.443 e. The number of benzene rings is 1. The summed E-state index contributed by atoms with van der Waals surface area (Å²) in [5.41, 5.74) is 1.04. The van der Waals surface area contributed by atoms with Gasteiger partial charge in [-0.25, -0.2) is 4.79 Å². The van der Waals surface area contributed by atoms with Crippen molar-refractivity contribution in [3.8, 4) is 11.3 Å². The third kappa shape index (κ3) is 3.64. The van der Waals surface area contributed by atoms with Crippen LogP contribution in [0.3, 0.4) is 0 Å². The Labute approximate surface area is 131 Å². The van der Waals surface area contributed by atoms with Gasteiger partial charge in [-0.15, -0.1) is 0 Å². The Balaban J connectivity index is 2.43. The van der Waals surface area contributed by atoms with E-state index in [1.54, 1.807) is 12.3 Å². The monoisotopic (exact) mass is 355 g/mol. The molecule has 1 aromatic heterocycles. The zero-order chi connectivity index (χ0) is 14.9. The first-order valence-corrected chi connectivity index (χ1v) is 7.30. The second-order valence-electron chi connectivity index (χ2n) is 5.40. The molecule has 0 atom stereocenters. The summed E-state index contributed by atoms with van der Waals surface area (Å²) in [4.78, 5) is 12.2. The van der Waals surface area contributed by atoms with Crippen molar-refractivity contribution in [3.05, 3.63) is 46.0 Å². The molecule has 0 aliphatic carbocycles. The van der Waals surface area contributed by atoms with Gasteiger partial charge < -0.3 is 4.74 Å². The molecule has 2 aromatic rings. The molecule has 0 spiro atoms. The molecule has 1 heterocycles. The molecule has 5 heteroatoms. The van der Waals surface area contributed by atoms with Crippen molar-refractivity contribution in [3.63, 3.8) is 0 Å². The Bertz CT molecular complexity index is 644. The minimum Gasteiger partial charge on any atom is -0.443 e. The van der Waals surface area contributed by atoms with Gasteiger partial charge >= 0.3 is 6.09 Å². The number of hydrogen-bond donors (Lipinski definition) is 0. The number of carbonyl (C=O) groups is 1. The summed E-state index contributed by atoms with van der Waals surface area (Å²) in [6, 6.07) is 9.20. The maximum Gasteiger partial charge on any atom is 0.419 e. The number of halogens is 2. The van der Waals surface area contributed by atoms with E-state index in [0.29, 0.717) is 5.02 Å². The van der Waals surface area contributed by atoms with E-state index in [-0.39, 0.29) is 0 Å². The maximum absolute atomic E-state index is 12.2. The average molecular weight is 357 g/mol. The van der Waals surface area contributed by atoms with E-state index < -0.39 is 11.7 Å². The fourth-order valence-corrected chi connectivity index (χ4v) is 2.37. The molecule has 0 fully saturated rings. The summed E-state index contributed by atoms with van der Waals surface area (Å²) in [6.07, 6.45) is 1.27. The minimum atomic E-state index is -0.542. The first kappa shape index (κ1) is 15.1. The third-order valence-corrected chi connectivity index (χ3v) is 3.17. The lowest BCUT2D eigenvalue weighted by Gasteiger charge is -2.20. The second kappa shape index (κ2) is 5.62. The quantitative estimate of drug-likeness (QED) is 0.689. The smallest absolute Gasteiger partial charge is 0.419 e. The van der Waals surface area contributed by atoms with Gasteiger partial charge in [-0.1, -0.05) is 23.7 Å². The molecular weight excluding hydrogens is 342 g/mol. The van der Waals surface area contributed by atoms with Crippen molar-refractivity contribution in [2.75, 3.05) is 0 Å². The fourth-order valence-electron chi connectivity index (χ4n) is 1.76. The molecule has 0 amide bonds. The molecule has 0 aliphatic heterocycles. The number of rotatable bonds is 1. The molecule has 1 aromatic carbocycles. The SMILES string of the molecule is CC(C)(C)OC(=O)n1cc(Br)cc1-c1cccc(Cl)c1. The summed E-state index contributed by atoms with van der Waals surface area (Å²) in [7, 11) is 0. The zero-order valence-electron chi connectivity index (χ0n) is 11.5. The molecule has 3 nitrogen and oxygen atoms in total. The summed E-state index contributed by atoms with van der Waals surface area (Å²) in [5.74, 6) is 0. The van der Waals surface area contributed by atoms with Crippen molar-refractivity contribution in [1.82, 2.24) is 4.57 Å². The Kier molecular flexibility index (Phi) is 4.25. The fraction of sp³-hybridized carbons (Fsp3) is 0.267. The summed E-state index contributed by atoms with van der Waals surface area (Å²) in [6.45, 7) is 5.51. The van der Waals surface area contributed by atoms with Gasteiger partial charge in [-0.05, 0) is 54.9 Å². The van der Waals surface area contributed by atoms with Crippen LogP contribution in [0.15, 0.2) is 41.0 Å². The van der Waals surface area contributed by atoms with Gasteiger partial charge in [0, 0.05) is 21.3 Å². The molecule has 2 rings (SSSR count). The number of ether oxygens (including phenoxy) is 1. The van der Waals surface area contributed by atoms with Gasteiger partial charge in [-0.2, -0.15) is 0 Å². The number of hydrogen-bond acceptors (Lipinski definition) is 2. The molecule has 106 valence electrons. The first-order chi connectivity index (χ1) is 9.26. The van der Waals surface area contributed by atoms with Gasteiger partial charge in [-0.3, -0.25) is 4.57 Å². The molecule has 0 N–H and O–H groups in total. The summed E-state index contributed by atoms with van der Waals surface area (Å²) >= 11 is 9.39. The predicted molar refractivity (Wildman–Crippen MR) is 84.2 cm³/mol. The van der Waals surface area contributed by atoms with Crippen LogP contribution >= 0.6 is 27.5 Å². The van der Waals surface area contributed by atoms with Crippen LogP contribution in [0.2, 0.25) is 5.02 Å². The van der Waals surface area contributed by atoms with Crippen molar-refractivity contribution in [2.24, 2.45) is 0 Å². The van der Waals surface area contributed by atoms with Crippen molar-refractivity contribution < 1.29 is 9.53 Å². The summed E-state index contributed by atoms with van der Waals surface area (Å²) < 4.78 is 7.68. The molecule has 0 saturated carbocycles. The Morgan fingerprint density at radius 1 is 1.30 bits per heavy atom. The van der Waals surface area contributed by atoms with E-state index in [1.165, 1.54) is 4.57 Å². The molecule has 0 aliphatic rings. The van der Waals surface area contributed by atoms with Gasteiger partial charge in [0.2, 0.25) is 0 Å². The van der Waals surface area contributed by atoms with Crippen LogP contribution in [-0.4, -0.2) is 16.3 Å². The van der Waals surface area contributed by atoms with Crippen LogP contribution in [0, 0.1) is 0 Å². The maximum atomic E-state index is 12.2. The van der Waals surface area contributed by atoms with E-state index in [4.69, 9.17) is 16.3 Å². The van der Waals surface area contributed by atoms with E-state index in [1.807, 2.05) is 45.0 Å². The van der Waals surface area contributed by atoms with Gasteiger partial charge in [0.1, 0.15) is 5.60 Å². The highest BCUT2D eigenvalue weighted by atomic mass is 79.9. The lowest BCUT2D eigenvalue weighted by atomic mass is 10.1. The van der Waals surface area contributed by atoms with Gasteiger partial charge in [0.15, 0.2) is 0 Å². The highest BCUT2D eigenvalue weighted by Gasteiger charge is 2.20. The van der Waals surface area contributed by atoms with E-state index in [2.05, 4.69) is 15.9 Å².